The maximum atomic E-state index is 13.1. The number of amides is 1. The number of carbonyl (C=O) groups excluding carboxylic acids is 1. The molecule has 0 radical (unpaired) electrons. The lowest BCUT2D eigenvalue weighted by molar-refractivity contribution is -0.220. The molecule has 9 N–H and O–H groups in total. The zero-order valence-corrected chi connectivity index (χ0v) is 42.7. The van der Waals surface area contributed by atoms with Crippen LogP contribution >= 0.6 is 7.82 Å². The fraction of sp³-hybridized carbons (Fsp3) is 0.830. The van der Waals surface area contributed by atoms with Crippen LogP contribution in [-0.4, -0.2) is 108 Å². The number of aliphatic hydroxyl groups excluding tert-OH is 7. The molecule has 1 saturated carbocycles. The lowest BCUT2D eigenvalue weighted by Crippen LogP contribution is -2.64. The van der Waals surface area contributed by atoms with Crippen LogP contribution in [0.4, 0.5) is 0 Å². The summed E-state index contributed by atoms with van der Waals surface area (Å²) in [5, 5.41) is 74.7. The summed E-state index contributed by atoms with van der Waals surface area (Å²) in [4.78, 5) is 23.5. The molecule has 0 saturated heterocycles. The number of allylic oxidation sites excluding steroid dienone is 7. The molecule has 8 unspecified atom stereocenters. The van der Waals surface area contributed by atoms with E-state index in [4.69, 9.17) is 9.05 Å². The fourth-order valence-electron chi connectivity index (χ4n) is 8.27. The molecule has 0 aromatic heterocycles. The Kier molecular flexibility index (Phi) is 39.7. The first-order valence-electron chi connectivity index (χ1n) is 26.7. The molecule has 67 heavy (non-hydrogen) atoms. The van der Waals surface area contributed by atoms with Crippen LogP contribution in [-0.2, 0) is 18.4 Å². The van der Waals surface area contributed by atoms with E-state index in [9.17, 15) is 50.0 Å². The Balaban J connectivity index is 2.51. The predicted molar refractivity (Wildman–Crippen MR) is 270 cm³/mol. The summed E-state index contributed by atoms with van der Waals surface area (Å²) in [6, 6.07) is -1.27. The summed E-state index contributed by atoms with van der Waals surface area (Å²) in [5.41, 5.74) is 0. The lowest BCUT2D eigenvalue weighted by Gasteiger charge is -2.41. The normalized spacial score (nSPS) is 22.6. The van der Waals surface area contributed by atoms with Crippen LogP contribution in [0, 0.1) is 0 Å². The molecule has 1 amide bonds. The van der Waals surface area contributed by atoms with Crippen molar-refractivity contribution in [3.8, 4) is 0 Å². The maximum Gasteiger partial charge on any atom is 0.472 e. The molecule has 1 rings (SSSR count). The fourth-order valence-corrected chi connectivity index (χ4v) is 9.23. The van der Waals surface area contributed by atoms with E-state index in [-0.39, 0.29) is 6.42 Å². The van der Waals surface area contributed by atoms with Crippen molar-refractivity contribution in [2.75, 3.05) is 6.61 Å². The van der Waals surface area contributed by atoms with Crippen LogP contribution in [0.25, 0.3) is 0 Å². The van der Waals surface area contributed by atoms with Gasteiger partial charge in [0, 0.05) is 0 Å². The minimum absolute atomic E-state index is 0.262. The average Bonchev–Trinajstić information content (AvgIpc) is 3.30. The van der Waals surface area contributed by atoms with Crippen molar-refractivity contribution in [1.29, 1.82) is 0 Å². The smallest absolute Gasteiger partial charge is 0.393 e. The molecule has 0 heterocycles. The Bertz CT molecular complexity index is 1330. The standard InChI is InChI=1S/C53H98NO12P/c1-3-5-7-9-11-13-15-17-19-21-23-24-26-28-30-32-34-36-38-40-44(55)42-47(57)54-45(43-65-67(63,64)66-53-51(61)49(59)48(58)50(60)52(53)62)46(56)41-39-37-35-33-31-29-27-25-22-20-18-16-14-12-10-8-6-4-2/h22,24-26,31,33,39,41,44-46,48-53,55-56,58-62H,3-21,23,27-30,32,34-38,40,42-43H2,1-2H3,(H,54,57)(H,63,64)/b25-22+,26-24-,33-31+,41-39+. The molecule has 13 nitrogen and oxygen atoms in total. The van der Waals surface area contributed by atoms with Crippen molar-refractivity contribution >= 4 is 13.7 Å². The Labute approximate surface area is 406 Å². The van der Waals surface area contributed by atoms with Crippen LogP contribution in [0.1, 0.15) is 219 Å². The van der Waals surface area contributed by atoms with Crippen LogP contribution in [0.5, 0.6) is 0 Å². The van der Waals surface area contributed by atoms with Gasteiger partial charge in [-0.25, -0.2) is 4.57 Å². The summed E-state index contributed by atoms with van der Waals surface area (Å²) in [5.74, 6) is -0.611. The van der Waals surface area contributed by atoms with Gasteiger partial charge in [-0.2, -0.15) is 0 Å². The van der Waals surface area contributed by atoms with Crippen LogP contribution in [0.2, 0.25) is 0 Å². The second-order valence-electron chi connectivity index (χ2n) is 18.9. The monoisotopic (exact) mass is 972 g/mol. The zero-order chi connectivity index (χ0) is 49.4. The Morgan fingerprint density at radius 3 is 1.31 bits per heavy atom. The van der Waals surface area contributed by atoms with Crippen molar-refractivity contribution < 1.29 is 59.0 Å². The largest absolute Gasteiger partial charge is 0.472 e. The quantitative estimate of drug-likeness (QED) is 0.0158. The molecule has 8 atom stereocenters. The summed E-state index contributed by atoms with van der Waals surface area (Å²) >= 11 is 0. The van der Waals surface area contributed by atoms with Gasteiger partial charge in [0.05, 0.1) is 31.3 Å². The van der Waals surface area contributed by atoms with Crippen molar-refractivity contribution in [2.24, 2.45) is 0 Å². The molecule has 0 spiro atoms. The van der Waals surface area contributed by atoms with Crippen LogP contribution in [0.15, 0.2) is 48.6 Å². The van der Waals surface area contributed by atoms with E-state index in [2.05, 4.69) is 55.6 Å². The minimum atomic E-state index is -5.16. The Morgan fingerprint density at radius 1 is 0.522 bits per heavy atom. The number of phosphoric acid groups is 1. The van der Waals surface area contributed by atoms with Gasteiger partial charge in [-0.05, 0) is 70.6 Å². The van der Waals surface area contributed by atoms with Gasteiger partial charge in [-0.3, -0.25) is 13.8 Å². The average molecular weight is 972 g/mol. The molecule has 0 aromatic rings. The topological polar surface area (TPSA) is 226 Å². The number of phosphoric ester groups is 1. The summed E-state index contributed by atoms with van der Waals surface area (Å²) < 4.78 is 22.9. The molecule has 14 heteroatoms. The second-order valence-corrected chi connectivity index (χ2v) is 20.3. The molecule has 0 bridgehead atoms. The van der Waals surface area contributed by atoms with Crippen molar-refractivity contribution in [3.05, 3.63) is 48.6 Å². The number of hydrogen-bond donors (Lipinski definition) is 9. The molecule has 1 aliphatic carbocycles. The molecule has 1 aliphatic rings. The van der Waals surface area contributed by atoms with E-state index in [1.54, 1.807) is 6.08 Å². The lowest BCUT2D eigenvalue weighted by atomic mass is 9.85. The third-order valence-corrected chi connectivity index (χ3v) is 13.6. The number of hydrogen-bond acceptors (Lipinski definition) is 11. The molecular formula is C53H98NO12P. The molecule has 0 aromatic carbocycles. The highest BCUT2D eigenvalue weighted by atomic mass is 31.2. The SMILES string of the molecule is CCCCCCCCCC/C=C/CC/C=C/CC/C=C/C(O)C(COP(=O)(O)OC1C(O)C(O)C(O)C(O)C1O)NC(=O)CC(O)CCCCCCC/C=C\CCCCCCCCCCCC. The highest BCUT2D eigenvalue weighted by Gasteiger charge is 2.51. The van der Waals surface area contributed by atoms with E-state index in [0.29, 0.717) is 19.3 Å². The zero-order valence-electron chi connectivity index (χ0n) is 41.8. The number of aliphatic hydroxyl groups is 7. The highest BCUT2D eigenvalue weighted by molar-refractivity contribution is 7.47. The molecule has 1 fully saturated rings. The highest BCUT2D eigenvalue weighted by Crippen LogP contribution is 2.47. The van der Waals surface area contributed by atoms with Crippen LogP contribution < -0.4 is 5.32 Å². The number of unbranched alkanes of at least 4 members (excludes halogenated alkanes) is 25. The first kappa shape index (κ1) is 63.3. The molecular weight excluding hydrogens is 874 g/mol. The maximum absolute atomic E-state index is 13.1. The molecule has 392 valence electrons. The van der Waals surface area contributed by atoms with Gasteiger partial charge in [-0.1, -0.05) is 191 Å². The number of rotatable bonds is 44. The van der Waals surface area contributed by atoms with Crippen LogP contribution in [0.3, 0.4) is 0 Å². The van der Waals surface area contributed by atoms with Gasteiger partial charge < -0.3 is 46.0 Å². The van der Waals surface area contributed by atoms with E-state index in [0.717, 1.165) is 64.2 Å². The van der Waals surface area contributed by atoms with Crippen molar-refractivity contribution in [3.63, 3.8) is 0 Å². The third kappa shape index (κ3) is 33.5. The van der Waals surface area contributed by atoms with Gasteiger partial charge >= 0.3 is 7.82 Å². The van der Waals surface area contributed by atoms with Crippen molar-refractivity contribution in [2.45, 2.75) is 274 Å². The summed E-state index contributed by atoms with van der Waals surface area (Å²) in [7, 11) is -5.16. The van der Waals surface area contributed by atoms with Gasteiger partial charge in [0.1, 0.15) is 36.6 Å². The van der Waals surface area contributed by atoms with E-state index < -0.39 is 75.2 Å². The second kappa shape index (κ2) is 42.0. The van der Waals surface area contributed by atoms with Gasteiger partial charge in [0.25, 0.3) is 0 Å². The van der Waals surface area contributed by atoms with Gasteiger partial charge in [-0.15, -0.1) is 0 Å². The minimum Gasteiger partial charge on any atom is -0.393 e. The van der Waals surface area contributed by atoms with Gasteiger partial charge in [0.15, 0.2) is 0 Å². The van der Waals surface area contributed by atoms with Gasteiger partial charge in [0.2, 0.25) is 5.91 Å². The van der Waals surface area contributed by atoms with E-state index in [1.807, 2.05) is 0 Å². The number of carbonyl (C=O) groups is 1. The summed E-state index contributed by atoms with van der Waals surface area (Å²) in [6.45, 7) is 3.74. The van der Waals surface area contributed by atoms with E-state index >= 15 is 0 Å². The first-order chi connectivity index (χ1) is 32.3. The summed E-state index contributed by atoms with van der Waals surface area (Å²) in [6.07, 6.45) is 37.6. The predicted octanol–water partition coefficient (Wildman–Crippen LogP) is 10.3. The Morgan fingerprint density at radius 2 is 0.881 bits per heavy atom. The van der Waals surface area contributed by atoms with Crippen molar-refractivity contribution in [1.82, 2.24) is 5.32 Å². The molecule has 0 aliphatic heterocycles. The number of nitrogens with one attached hydrogen (secondary N) is 1. The third-order valence-electron chi connectivity index (χ3n) is 12.6. The first-order valence-corrected chi connectivity index (χ1v) is 28.2. The Hall–Kier alpha value is -1.74. The van der Waals surface area contributed by atoms with E-state index in [1.165, 1.54) is 122 Å².